The molecule has 0 spiro atoms. The number of Topliss-reactive ketones (excluding diaryl/α,β-unsaturated/α-hetero) is 2. The van der Waals surface area contributed by atoms with Gasteiger partial charge in [-0.05, 0) is 99.3 Å². The van der Waals surface area contributed by atoms with Gasteiger partial charge in [0.2, 0.25) is 11.8 Å². The van der Waals surface area contributed by atoms with Gasteiger partial charge in [-0.1, -0.05) is 13.3 Å². The van der Waals surface area contributed by atoms with Crippen molar-refractivity contribution in [3.05, 3.63) is 47.3 Å². The average molecular weight is 545 g/mol. The van der Waals surface area contributed by atoms with Gasteiger partial charge in [0.1, 0.15) is 0 Å². The number of hydrogen-bond donors (Lipinski definition) is 2. The van der Waals surface area contributed by atoms with E-state index < -0.39 is 17.7 Å². The van der Waals surface area contributed by atoms with Crippen LogP contribution in [0.1, 0.15) is 116 Å². The number of amides is 2. The number of hydrogen-bond acceptors (Lipinski definition) is 6. The highest BCUT2D eigenvalue weighted by atomic mass is 16.2. The second-order valence-corrected chi connectivity index (χ2v) is 12.5. The second kappa shape index (κ2) is 11.3. The Balaban J connectivity index is 0.944. The number of rotatable bonds is 9. The number of ketones is 2. The topological polar surface area (TPSA) is 110 Å². The summed E-state index contributed by atoms with van der Waals surface area (Å²) in [6.45, 7) is 3.11. The maximum atomic E-state index is 13.1. The summed E-state index contributed by atoms with van der Waals surface area (Å²) in [5, 5.41) is 10.4. The molecule has 2 heterocycles. The van der Waals surface area contributed by atoms with Crippen molar-refractivity contribution in [1.82, 2.24) is 15.1 Å². The molecule has 1 saturated heterocycles. The zero-order valence-corrected chi connectivity index (χ0v) is 23.4. The fraction of sp³-hybridized carbons (Fsp3) is 0.594. The van der Waals surface area contributed by atoms with E-state index in [-0.39, 0.29) is 30.3 Å². The summed E-state index contributed by atoms with van der Waals surface area (Å²) in [5.74, 6) is -0.968. The van der Waals surface area contributed by atoms with Crippen molar-refractivity contribution >= 4 is 29.1 Å². The molecule has 2 amide bonds. The first-order chi connectivity index (χ1) is 19.4. The number of fused-ring (bicyclic) bond motifs is 1. The van der Waals surface area contributed by atoms with Crippen LogP contribution in [-0.2, 0) is 9.59 Å². The van der Waals surface area contributed by atoms with Crippen LogP contribution >= 0.6 is 0 Å². The quantitative estimate of drug-likeness (QED) is 0.247. The van der Waals surface area contributed by atoms with Gasteiger partial charge in [0.25, 0.3) is 0 Å². The van der Waals surface area contributed by atoms with E-state index in [2.05, 4.69) is 34.6 Å². The smallest absolute Gasteiger partial charge is 0.230 e. The van der Waals surface area contributed by atoms with E-state index in [1.807, 2.05) is 6.07 Å². The molecular weight excluding hydrogens is 504 g/mol. The van der Waals surface area contributed by atoms with Gasteiger partial charge >= 0.3 is 0 Å². The van der Waals surface area contributed by atoms with Crippen molar-refractivity contribution < 1.29 is 19.2 Å². The zero-order chi connectivity index (χ0) is 27.8. The van der Waals surface area contributed by atoms with Gasteiger partial charge in [-0.2, -0.15) is 5.10 Å². The summed E-state index contributed by atoms with van der Waals surface area (Å²) in [6.07, 6.45) is 16.0. The van der Waals surface area contributed by atoms with Crippen molar-refractivity contribution in [2.75, 3.05) is 11.9 Å². The number of carbonyl (C=O) groups excluding carboxylic acids is 4. The van der Waals surface area contributed by atoms with E-state index in [0.29, 0.717) is 29.0 Å². The van der Waals surface area contributed by atoms with Crippen LogP contribution in [0.15, 0.2) is 30.6 Å². The van der Waals surface area contributed by atoms with Crippen molar-refractivity contribution in [3.8, 4) is 0 Å². The molecular formula is C32H40N4O4. The minimum absolute atomic E-state index is 0.154. The molecule has 1 aromatic carbocycles. The maximum Gasteiger partial charge on any atom is 0.230 e. The molecule has 6 rings (SSSR count). The highest BCUT2D eigenvalue weighted by Gasteiger charge is 2.47. The van der Waals surface area contributed by atoms with Gasteiger partial charge in [-0.15, -0.1) is 0 Å². The molecule has 8 nitrogen and oxygen atoms in total. The van der Waals surface area contributed by atoms with Crippen LogP contribution in [-0.4, -0.2) is 39.7 Å². The molecule has 8 heteroatoms. The fourth-order valence-electron chi connectivity index (χ4n) is 7.36. The van der Waals surface area contributed by atoms with E-state index in [1.165, 1.54) is 50.5 Å². The Bertz CT molecular complexity index is 1300. The summed E-state index contributed by atoms with van der Waals surface area (Å²) in [5.41, 5.74) is 3.00. The Morgan fingerprint density at radius 1 is 0.975 bits per heavy atom. The van der Waals surface area contributed by atoms with Gasteiger partial charge in [-0.25, -0.2) is 0 Å². The molecule has 2 saturated carbocycles. The van der Waals surface area contributed by atoms with Gasteiger partial charge in [-0.3, -0.25) is 29.2 Å². The molecule has 1 aromatic heterocycles. The van der Waals surface area contributed by atoms with E-state index in [1.54, 1.807) is 12.1 Å². The lowest BCUT2D eigenvalue weighted by Crippen LogP contribution is -2.46. The fourth-order valence-corrected chi connectivity index (χ4v) is 7.36. The number of imide groups is 1. The van der Waals surface area contributed by atoms with E-state index >= 15 is 0 Å². The molecule has 212 valence electrons. The monoisotopic (exact) mass is 544 g/mol. The third-order valence-corrected chi connectivity index (χ3v) is 10.0. The first-order valence-electron chi connectivity index (χ1n) is 15.2. The summed E-state index contributed by atoms with van der Waals surface area (Å²) in [7, 11) is 0. The Morgan fingerprint density at radius 3 is 2.50 bits per heavy atom. The van der Waals surface area contributed by atoms with Crippen LogP contribution in [0.4, 0.5) is 5.69 Å². The minimum atomic E-state index is -1.02. The van der Waals surface area contributed by atoms with Gasteiger partial charge < -0.3 is 5.32 Å². The van der Waals surface area contributed by atoms with Gasteiger partial charge in [0, 0.05) is 36.0 Å². The number of anilines is 1. The summed E-state index contributed by atoms with van der Waals surface area (Å²) in [6, 6.07) is 5.79. The summed E-state index contributed by atoms with van der Waals surface area (Å²) >= 11 is 0. The lowest BCUT2D eigenvalue weighted by Gasteiger charge is -2.35. The zero-order valence-electron chi connectivity index (χ0n) is 23.4. The highest BCUT2D eigenvalue weighted by molar-refractivity contribution is 6.28. The predicted molar refractivity (Wildman–Crippen MR) is 151 cm³/mol. The summed E-state index contributed by atoms with van der Waals surface area (Å²) in [4.78, 5) is 49.8. The molecule has 2 N–H and O–H groups in total. The van der Waals surface area contributed by atoms with Gasteiger partial charge in [0.05, 0.1) is 24.1 Å². The predicted octanol–water partition coefficient (Wildman–Crippen LogP) is 5.46. The number of piperidine rings is 1. The molecule has 0 bridgehead atoms. The van der Waals surface area contributed by atoms with Crippen LogP contribution in [0.25, 0.3) is 0 Å². The normalized spacial score (nSPS) is 30.1. The molecule has 40 heavy (non-hydrogen) atoms. The molecule has 3 aliphatic carbocycles. The molecule has 4 aliphatic rings. The molecule has 3 fully saturated rings. The highest BCUT2D eigenvalue weighted by Crippen LogP contribution is 2.42. The summed E-state index contributed by atoms with van der Waals surface area (Å²) < 4.78 is 2.21. The largest absolute Gasteiger partial charge is 0.385 e. The van der Waals surface area contributed by atoms with E-state index in [4.69, 9.17) is 5.10 Å². The maximum absolute atomic E-state index is 13.1. The number of nitrogens with zero attached hydrogens (tertiary/aromatic N) is 2. The number of aromatic nitrogens is 2. The van der Waals surface area contributed by atoms with Crippen LogP contribution in [0.3, 0.4) is 0 Å². The third kappa shape index (κ3) is 5.25. The molecule has 2 atom stereocenters. The molecule has 2 aromatic rings. The van der Waals surface area contributed by atoms with Gasteiger partial charge in [0.15, 0.2) is 11.6 Å². The Hall–Kier alpha value is -3.29. The van der Waals surface area contributed by atoms with Crippen LogP contribution in [0.5, 0.6) is 0 Å². The lowest BCUT2D eigenvalue weighted by molar-refractivity contribution is -0.137. The first-order valence-corrected chi connectivity index (χ1v) is 15.2. The molecule has 0 radical (unpaired) electrons. The number of nitrogens with one attached hydrogen (secondary N) is 2. The van der Waals surface area contributed by atoms with Crippen LogP contribution < -0.4 is 10.6 Å². The van der Waals surface area contributed by atoms with Crippen LogP contribution in [0.2, 0.25) is 0 Å². The Morgan fingerprint density at radius 2 is 1.75 bits per heavy atom. The lowest BCUT2D eigenvalue weighted by atomic mass is 9.77. The van der Waals surface area contributed by atoms with E-state index in [9.17, 15) is 19.2 Å². The van der Waals surface area contributed by atoms with Crippen molar-refractivity contribution in [1.29, 1.82) is 0 Å². The average Bonchev–Trinajstić information content (AvgIpc) is 3.51. The first kappa shape index (κ1) is 26.9. The van der Waals surface area contributed by atoms with E-state index in [0.717, 1.165) is 31.0 Å². The molecule has 2 unspecified atom stereocenters. The second-order valence-electron chi connectivity index (χ2n) is 12.5. The van der Waals surface area contributed by atoms with Crippen molar-refractivity contribution in [2.45, 2.75) is 89.5 Å². The SMILES string of the molecule is CCC1CCC(c2cnn([C@H]3C[C@H](CCCNc4ccc5c(c4)C(=O)C(C4CCC(=O)NC4=O)C5=O)C3)c2)CC1. The minimum Gasteiger partial charge on any atom is -0.385 e. The number of benzene rings is 1. The standard InChI is InChI=1S/C32H40N4O4/c1-2-19-5-7-21(8-6-19)22-17-34-36(18-22)24-14-20(15-24)4-3-13-33-23-9-10-25-27(16-23)31(39)29(30(25)38)26-11-12-28(37)35-32(26)40/h9-10,16-21,24,26,29,33H,2-8,11-15H2,1H3,(H,35,37,40)/t19?,20-,21?,24-,26?,29?. The van der Waals surface area contributed by atoms with Crippen molar-refractivity contribution in [3.63, 3.8) is 0 Å². The number of carbonyl (C=O) groups is 4. The third-order valence-electron chi connectivity index (χ3n) is 10.0. The molecule has 1 aliphatic heterocycles. The van der Waals surface area contributed by atoms with Crippen molar-refractivity contribution in [2.24, 2.45) is 23.7 Å². The Labute approximate surface area is 235 Å². The Kier molecular flexibility index (Phi) is 7.60. The van der Waals surface area contributed by atoms with Crippen LogP contribution in [0, 0.1) is 23.7 Å².